The van der Waals surface area contributed by atoms with E-state index in [1.165, 1.54) is 12.1 Å². The molecule has 0 unspecified atom stereocenters. The van der Waals surface area contributed by atoms with Crippen molar-refractivity contribution in [3.05, 3.63) is 70.8 Å². The molecule has 0 spiro atoms. The standard InChI is InChI=1S/C21H20FN5O/c1-3-17-18(12-23)20(27-26-19(17)4-2)25-13-14-7-6-10-24-21(14)28-16-9-5-8-15(22)11-16/h5-11H,3-4,13H2,1-2H3,(H,25,27). The van der Waals surface area contributed by atoms with Crippen molar-refractivity contribution in [2.75, 3.05) is 5.32 Å². The Morgan fingerprint density at radius 2 is 2.00 bits per heavy atom. The van der Waals surface area contributed by atoms with Crippen LogP contribution in [0.2, 0.25) is 0 Å². The van der Waals surface area contributed by atoms with Crippen molar-refractivity contribution in [2.45, 2.75) is 33.2 Å². The van der Waals surface area contributed by atoms with Crippen LogP contribution in [0.25, 0.3) is 0 Å². The Hall–Kier alpha value is -3.53. The third kappa shape index (κ3) is 4.23. The van der Waals surface area contributed by atoms with Crippen molar-refractivity contribution >= 4 is 5.82 Å². The Morgan fingerprint density at radius 3 is 2.71 bits per heavy atom. The summed E-state index contributed by atoms with van der Waals surface area (Å²) in [6.45, 7) is 4.31. The van der Waals surface area contributed by atoms with E-state index in [9.17, 15) is 9.65 Å². The smallest absolute Gasteiger partial charge is 0.224 e. The number of aromatic nitrogens is 3. The monoisotopic (exact) mass is 377 g/mol. The van der Waals surface area contributed by atoms with Gasteiger partial charge >= 0.3 is 0 Å². The highest BCUT2D eigenvalue weighted by Gasteiger charge is 2.15. The number of rotatable bonds is 7. The molecule has 0 radical (unpaired) electrons. The molecule has 0 fully saturated rings. The van der Waals surface area contributed by atoms with Gasteiger partial charge in [0.1, 0.15) is 23.2 Å². The lowest BCUT2D eigenvalue weighted by atomic mass is 10.0. The van der Waals surface area contributed by atoms with Crippen LogP contribution in [0.5, 0.6) is 11.6 Å². The predicted octanol–water partition coefficient (Wildman–Crippen LogP) is 4.41. The van der Waals surface area contributed by atoms with Crippen LogP contribution in [0.3, 0.4) is 0 Å². The number of hydrogen-bond acceptors (Lipinski definition) is 6. The van der Waals surface area contributed by atoms with E-state index in [4.69, 9.17) is 4.74 Å². The number of pyridine rings is 1. The van der Waals surface area contributed by atoms with Gasteiger partial charge in [-0.2, -0.15) is 10.4 Å². The molecule has 0 saturated carbocycles. The number of nitrogens with one attached hydrogen (secondary N) is 1. The zero-order valence-corrected chi connectivity index (χ0v) is 15.7. The zero-order valence-electron chi connectivity index (χ0n) is 15.7. The first-order valence-corrected chi connectivity index (χ1v) is 9.05. The van der Waals surface area contributed by atoms with Crippen LogP contribution in [-0.2, 0) is 19.4 Å². The minimum atomic E-state index is -0.384. The molecule has 3 rings (SSSR count). The lowest BCUT2D eigenvalue weighted by molar-refractivity contribution is 0.452. The van der Waals surface area contributed by atoms with Crippen molar-refractivity contribution in [3.63, 3.8) is 0 Å². The largest absolute Gasteiger partial charge is 0.439 e. The van der Waals surface area contributed by atoms with Gasteiger partial charge in [0.15, 0.2) is 5.82 Å². The number of benzene rings is 1. The second-order valence-electron chi connectivity index (χ2n) is 6.05. The van der Waals surface area contributed by atoms with Crippen molar-refractivity contribution in [2.24, 2.45) is 0 Å². The first-order valence-electron chi connectivity index (χ1n) is 9.05. The summed E-state index contributed by atoms with van der Waals surface area (Å²) >= 11 is 0. The fraction of sp³-hybridized carbons (Fsp3) is 0.238. The van der Waals surface area contributed by atoms with Gasteiger partial charge in [0.25, 0.3) is 0 Å². The van der Waals surface area contributed by atoms with Crippen molar-refractivity contribution in [1.29, 1.82) is 5.26 Å². The van der Waals surface area contributed by atoms with E-state index in [2.05, 4.69) is 26.6 Å². The van der Waals surface area contributed by atoms with E-state index >= 15 is 0 Å². The minimum absolute atomic E-state index is 0.330. The lowest BCUT2D eigenvalue weighted by Crippen LogP contribution is -2.10. The molecule has 0 bridgehead atoms. The zero-order chi connectivity index (χ0) is 19.9. The van der Waals surface area contributed by atoms with E-state index in [0.717, 1.165) is 23.2 Å². The van der Waals surface area contributed by atoms with Crippen LogP contribution in [0, 0.1) is 17.1 Å². The molecule has 7 heteroatoms. The SMILES string of the molecule is CCc1nnc(NCc2cccnc2Oc2cccc(F)c2)c(C#N)c1CC. The summed E-state index contributed by atoms with van der Waals surface area (Å²) in [5.41, 5.74) is 2.99. The summed E-state index contributed by atoms with van der Waals surface area (Å²) in [5.74, 6) is 0.758. The number of nitriles is 1. The normalized spacial score (nSPS) is 10.4. The molecule has 1 aromatic carbocycles. The predicted molar refractivity (Wildman–Crippen MR) is 104 cm³/mol. The van der Waals surface area contributed by atoms with E-state index in [1.54, 1.807) is 24.4 Å². The van der Waals surface area contributed by atoms with E-state index < -0.39 is 0 Å². The molecule has 0 aliphatic heterocycles. The highest BCUT2D eigenvalue weighted by molar-refractivity contribution is 5.56. The van der Waals surface area contributed by atoms with Gasteiger partial charge in [0.05, 0.1) is 5.69 Å². The topological polar surface area (TPSA) is 83.7 Å². The summed E-state index contributed by atoms with van der Waals surface area (Å²) in [7, 11) is 0. The molecule has 0 saturated heterocycles. The number of ether oxygens (including phenoxy) is 1. The number of aryl methyl sites for hydroxylation is 1. The third-order valence-electron chi connectivity index (χ3n) is 4.26. The molecule has 1 N–H and O–H groups in total. The van der Waals surface area contributed by atoms with Crippen molar-refractivity contribution < 1.29 is 9.13 Å². The number of anilines is 1. The van der Waals surface area contributed by atoms with Crippen LogP contribution in [0.15, 0.2) is 42.6 Å². The maximum absolute atomic E-state index is 13.4. The number of nitrogens with zero attached hydrogens (tertiary/aromatic N) is 4. The Balaban J connectivity index is 1.83. The van der Waals surface area contributed by atoms with Gasteiger partial charge in [-0.15, -0.1) is 5.10 Å². The number of halogens is 1. The van der Waals surface area contributed by atoms with Gasteiger partial charge in [0.2, 0.25) is 5.88 Å². The fourth-order valence-corrected chi connectivity index (χ4v) is 2.89. The lowest BCUT2D eigenvalue weighted by Gasteiger charge is -2.13. The summed E-state index contributed by atoms with van der Waals surface area (Å²) in [5, 5.41) is 21.2. The van der Waals surface area contributed by atoms with E-state index in [0.29, 0.717) is 36.0 Å². The van der Waals surface area contributed by atoms with Gasteiger partial charge < -0.3 is 10.1 Å². The Morgan fingerprint density at radius 1 is 1.14 bits per heavy atom. The van der Waals surface area contributed by atoms with Gasteiger partial charge in [0, 0.05) is 24.4 Å². The van der Waals surface area contributed by atoms with Crippen LogP contribution in [-0.4, -0.2) is 15.2 Å². The van der Waals surface area contributed by atoms with Crippen LogP contribution >= 0.6 is 0 Å². The second-order valence-corrected chi connectivity index (χ2v) is 6.05. The Bertz CT molecular complexity index is 1020. The molecule has 0 aliphatic carbocycles. The maximum Gasteiger partial charge on any atom is 0.224 e. The van der Waals surface area contributed by atoms with Gasteiger partial charge in [-0.05, 0) is 36.6 Å². The molecule has 6 nitrogen and oxygen atoms in total. The highest BCUT2D eigenvalue weighted by atomic mass is 19.1. The van der Waals surface area contributed by atoms with Crippen molar-refractivity contribution in [3.8, 4) is 17.7 Å². The molecule has 2 aromatic heterocycles. The minimum Gasteiger partial charge on any atom is -0.439 e. The second kappa shape index (κ2) is 8.91. The third-order valence-corrected chi connectivity index (χ3v) is 4.26. The molecule has 28 heavy (non-hydrogen) atoms. The first kappa shape index (κ1) is 19.2. The average molecular weight is 377 g/mol. The Kier molecular flexibility index (Phi) is 6.12. The van der Waals surface area contributed by atoms with Gasteiger partial charge in [-0.25, -0.2) is 9.37 Å². The Labute approximate surface area is 163 Å². The van der Waals surface area contributed by atoms with Crippen LogP contribution < -0.4 is 10.1 Å². The van der Waals surface area contributed by atoms with E-state index in [1.807, 2.05) is 19.9 Å². The summed E-state index contributed by atoms with van der Waals surface area (Å²) < 4.78 is 19.1. The molecule has 2 heterocycles. The molecule has 142 valence electrons. The summed E-state index contributed by atoms with van der Waals surface area (Å²) in [4.78, 5) is 4.23. The summed E-state index contributed by atoms with van der Waals surface area (Å²) in [6, 6.07) is 11.7. The van der Waals surface area contributed by atoms with Gasteiger partial charge in [-0.3, -0.25) is 0 Å². The molecule has 0 atom stereocenters. The highest BCUT2D eigenvalue weighted by Crippen LogP contribution is 2.25. The molecule has 0 aliphatic rings. The van der Waals surface area contributed by atoms with Crippen LogP contribution in [0.1, 0.15) is 36.2 Å². The van der Waals surface area contributed by atoms with Gasteiger partial charge in [-0.1, -0.05) is 26.0 Å². The fourth-order valence-electron chi connectivity index (χ4n) is 2.89. The molecular formula is C21H20FN5O. The maximum atomic E-state index is 13.4. The average Bonchev–Trinajstić information content (AvgIpc) is 2.72. The molecule has 0 amide bonds. The van der Waals surface area contributed by atoms with Crippen LogP contribution in [0.4, 0.5) is 10.2 Å². The molecular weight excluding hydrogens is 357 g/mol. The van der Waals surface area contributed by atoms with Crippen molar-refractivity contribution in [1.82, 2.24) is 15.2 Å². The number of hydrogen-bond donors (Lipinski definition) is 1. The quantitative estimate of drug-likeness (QED) is 0.656. The first-order chi connectivity index (χ1) is 13.7. The molecule has 3 aromatic rings. The van der Waals surface area contributed by atoms with E-state index in [-0.39, 0.29) is 5.82 Å². The summed E-state index contributed by atoms with van der Waals surface area (Å²) in [6.07, 6.45) is 3.03.